The summed E-state index contributed by atoms with van der Waals surface area (Å²) in [4.78, 5) is 26.2. The summed E-state index contributed by atoms with van der Waals surface area (Å²) in [6.45, 7) is 1.92. The largest absolute Gasteiger partial charge is 0.239 e. The second-order valence-electron chi connectivity index (χ2n) is 2.12. The molecule has 0 aliphatic heterocycles. The highest BCUT2D eigenvalue weighted by Gasteiger charge is 1.98. The first-order chi connectivity index (χ1) is 5.85. The predicted molar refractivity (Wildman–Crippen MR) is 44.1 cm³/mol. The lowest BCUT2D eigenvalue weighted by Crippen LogP contribution is -1.99. The molecule has 0 amide bonds. The van der Waals surface area contributed by atoms with Crippen molar-refractivity contribution in [3.05, 3.63) is 12.3 Å². The molecule has 0 saturated heterocycles. The third-order valence-electron chi connectivity index (χ3n) is 1.35. The van der Waals surface area contributed by atoms with Gasteiger partial charge in [0.2, 0.25) is 12.2 Å². The Kier molecular flexibility index (Phi) is 6.65. The van der Waals surface area contributed by atoms with Crippen LogP contribution in [0.5, 0.6) is 0 Å². The average Bonchev–Trinajstić information content (AvgIpc) is 2.10. The van der Waals surface area contributed by atoms with Gasteiger partial charge in [-0.1, -0.05) is 13.0 Å². The number of nitrogens with zero attached hydrogens (tertiary/aromatic N) is 2. The lowest BCUT2D eigenvalue weighted by atomic mass is 10.2. The van der Waals surface area contributed by atoms with Crippen LogP contribution in [0.15, 0.2) is 22.3 Å². The Balaban J connectivity index is 3.86. The fraction of sp³-hybridized carbons (Fsp3) is 0.500. The first kappa shape index (κ1) is 10.5. The quantitative estimate of drug-likeness (QED) is 0.457. The molecular weight excluding hydrogens is 156 g/mol. The number of hydrogen-bond donors (Lipinski definition) is 0. The lowest BCUT2D eigenvalue weighted by Gasteiger charge is -2.00. The van der Waals surface area contributed by atoms with Crippen LogP contribution in [0.1, 0.15) is 19.8 Å². The molecule has 0 aliphatic carbocycles. The molecule has 12 heavy (non-hydrogen) atoms. The minimum Gasteiger partial charge on any atom is -0.211 e. The van der Waals surface area contributed by atoms with Crippen LogP contribution in [-0.2, 0) is 9.59 Å². The van der Waals surface area contributed by atoms with E-state index in [0.717, 1.165) is 6.42 Å². The lowest BCUT2D eigenvalue weighted by molar-refractivity contribution is 0.553. The van der Waals surface area contributed by atoms with Crippen molar-refractivity contribution < 1.29 is 9.59 Å². The van der Waals surface area contributed by atoms with Gasteiger partial charge in [0.25, 0.3) is 0 Å². The molecule has 0 saturated carbocycles. The van der Waals surface area contributed by atoms with E-state index in [-0.39, 0.29) is 6.04 Å². The summed E-state index contributed by atoms with van der Waals surface area (Å²) >= 11 is 0. The van der Waals surface area contributed by atoms with Crippen molar-refractivity contribution in [2.24, 2.45) is 9.98 Å². The monoisotopic (exact) mass is 166 g/mol. The van der Waals surface area contributed by atoms with Crippen LogP contribution in [0.25, 0.3) is 0 Å². The molecule has 0 radical (unpaired) electrons. The Morgan fingerprint density at radius 2 is 2.17 bits per heavy atom. The van der Waals surface area contributed by atoms with Crippen LogP contribution < -0.4 is 0 Å². The van der Waals surface area contributed by atoms with E-state index in [1.807, 2.05) is 6.92 Å². The topological polar surface area (TPSA) is 58.9 Å². The maximum Gasteiger partial charge on any atom is 0.239 e. The molecule has 0 fully saturated rings. The summed E-state index contributed by atoms with van der Waals surface area (Å²) in [5.74, 6) is 0. The molecule has 64 valence electrons. The molecule has 1 unspecified atom stereocenters. The molecule has 1 atom stereocenters. The van der Waals surface area contributed by atoms with Crippen LogP contribution in [0.3, 0.4) is 0 Å². The van der Waals surface area contributed by atoms with Crippen molar-refractivity contribution in [2.75, 3.05) is 0 Å². The van der Waals surface area contributed by atoms with Gasteiger partial charge >= 0.3 is 0 Å². The van der Waals surface area contributed by atoms with Crippen LogP contribution in [0, 0.1) is 0 Å². The van der Waals surface area contributed by atoms with Crippen molar-refractivity contribution in [1.29, 1.82) is 0 Å². The van der Waals surface area contributed by atoms with Gasteiger partial charge in [0, 0.05) is 6.20 Å². The zero-order valence-electron chi connectivity index (χ0n) is 6.86. The van der Waals surface area contributed by atoms with Crippen molar-refractivity contribution in [3.8, 4) is 0 Å². The third-order valence-corrected chi connectivity index (χ3v) is 1.35. The fourth-order valence-corrected chi connectivity index (χ4v) is 0.686. The minimum absolute atomic E-state index is 0.0550. The second-order valence-corrected chi connectivity index (χ2v) is 2.12. The molecule has 4 heteroatoms. The highest BCUT2D eigenvalue weighted by Crippen LogP contribution is 2.02. The van der Waals surface area contributed by atoms with Crippen molar-refractivity contribution >= 4 is 12.2 Å². The maximum atomic E-state index is 9.86. The molecular formula is C8H10N2O2. The molecule has 0 rings (SSSR count). The Morgan fingerprint density at radius 3 is 2.67 bits per heavy atom. The first-order valence-electron chi connectivity index (χ1n) is 3.64. The zero-order valence-corrected chi connectivity index (χ0v) is 6.86. The molecule has 0 aromatic heterocycles. The smallest absolute Gasteiger partial charge is 0.211 e. The number of carbonyl (C=O) groups excluding carboxylic acids is 2. The van der Waals surface area contributed by atoms with Gasteiger partial charge < -0.3 is 0 Å². The van der Waals surface area contributed by atoms with E-state index < -0.39 is 0 Å². The predicted octanol–water partition coefficient (Wildman–Crippen LogP) is 1.34. The minimum atomic E-state index is -0.0550. The fourth-order valence-electron chi connectivity index (χ4n) is 0.686. The summed E-state index contributed by atoms with van der Waals surface area (Å²) in [6, 6.07) is -0.0550. The zero-order chi connectivity index (χ0) is 9.23. The number of rotatable bonds is 5. The van der Waals surface area contributed by atoms with Crippen LogP contribution >= 0.6 is 0 Å². The van der Waals surface area contributed by atoms with E-state index in [4.69, 9.17) is 0 Å². The Bertz CT molecular complexity index is 235. The SMILES string of the molecule is CCC(CC=CN=C=O)N=C=O. The van der Waals surface area contributed by atoms with E-state index in [1.165, 1.54) is 18.4 Å². The number of aliphatic imine (C=N–C) groups is 2. The number of isocyanates is 2. The van der Waals surface area contributed by atoms with Gasteiger partial charge in [-0.25, -0.2) is 14.6 Å². The molecule has 0 spiro atoms. The van der Waals surface area contributed by atoms with E-state index in [9.17, 15) is 9.59 Å². The highest BCUT2D eigenvalue weighted by molar-refractivity contribution is 5.34. The molecule has 0 N–H and O–H groups in total. The molecule has 0 aliphatic rings. The molecule has 0 aromatic carbocycles. The highest BCUT2D eigenvalue weighted by atomic mass is 16.1. The normalized spacial score (nSPS) is 11.8. The molecule has 0 heterocycles. The van der Waals surface area contributed by atoms with Gasteiger partial charge in [0.1, 0.15) is 0 Å². The molecule has 4 nitrogen and oxygen atoms in total. The molecule has 0 bridgehead atoms. The van der Waals surface area contributed by atoms with E-state index in [2.05, 4.69) is 9.98 Å². The van der Waals surface area contributed by atoms with Crippen molar-refractivity contribution in [2.45, 2.75) is 25.8 Å². The van der Waals surface area contributed by atoms with Gasteiger partial charge in [-0.05, 0) is 12.8 Å². The van der Waals surface area contributed by atoms with Gasteiger partial charge in [-0.3, -0.25) is 0 Å². The van der Waals surface area contributed by atoms with Crippen molar-refractivity contribution in [3.63, 3.8) is 0 Å². The van der Waals surface area contributed by atoms with E-state index in [0.29, 0.717) is 6.42 Å². The average molecular weight is 166 g/mol. The van der Waals surface area contributed by atoms with Gasteiger partial charge in [-0.15, -0.1) is 0 Å². The van der Waals surface area contributed by atoms with E-state index in [1.54, 1.807) is 6.08 Å². The number of hydrogen-bond acceptors (Lipinski definition) is 4. The first-order valence-corrected chi connectivity index (χ1v) is 3.64. The maximum absolute atomic E-state index is 9.86. The second kappa shape index (κ2) is 7.61. The Labute approximate surface area is 70.7 Å². The van der Waals surface area contributed by atoms with Crippen LogP contribution in [0.2, 0.25) is 0 Å². The molecule has 0 aromatic rings. The standard InChI is InChI=1S/C8H10N2O2/c1-2-8(10-7-12)4-3-5-9-6-11/h3,5,8H,2,4H2,1H3. The summed E-state index contributed by atoms with van der Waals surface area (Å²) in [7, 11) is 0. The summed E-state index contributed by atoms with van der Waals surface area (Å²) in [5, 5.41) is 0. The summed E-state index contributed by atoms with van der Waals surface area (Å²) in [6.07, 6.45) is 7.24. The van der Waals surface area contributed by atoms with Gasteiger partial charge in [-0.2, -0.15) is 4.99 Å². The third kappa shape index (κ3) is 5.30. The van der Waals surface area contributed by atoms with E-state index >= 15 is 0 Å². The van der Waals surface area contributed by atoms with Gasteiger partial charge in [0.15, 0.2) is 0 Å². The summed E-state index contributed by atoms with van der Waals surface area (Å²) < 4.78 is 0. The summed E-state index contributed by atoms with van der Waals surface area (Å²) in [5.41, 5.74) is 0. The Hall–Kier alpha value is -1.50. The van der Waals surface area contributed by atoms with Crippen LogP contribution in [0.4, 0.5) is 0 Å². The Morgan fingerprint density at radius 1 is 1.42 bits per heavy atom. The van der Waals surface area contributed by atoms with Crippen LogP contribution in [-0.4, -0.2) is 18.2 Å². The van der Waals surface area contributed by atoms with Gasteiger partial charge in [0.05, 0.1) is 6.04 Å². The van der Waals surface area contributed by atoms with Crippen molar-refractivity contribution in [1.82, 2.24) is 0 Å².